The minimum absolute atomic E-state index is 0.101. The van der Waals surface area contributed by atoms with Crippen molar-refractivity contribution in [2.24, 2.45) is 0 Å². The number of rotatable bonds is 4. The fraction of sp³-hybridized carbons (Fsp3) is 0.222. The molecule has 1 aliphatic rings. The van der Waals surface area contributed by atoms with Crippen molar-refractivity contribution in [1.29, 1.82) is 5.26 Å². The number of para-hydroxylation sites is 1. The molecule has 2 aromatic rings. The van der Waals surface area contributed by atoms with Gasteiger partial charge in [0, 0.05) is 37.9 Å². The summed E-state index contributed by atoms with van der Waals surface area (Å²) in [7, 11) is 0. The van der Waals surface area contributed by atoms with E-state index >= 15 is 0 Å². The highest BCUT2D eigenvalue weighted by molar-refractivity contribution is 6.01. The number of hydrogen-bond acceptors (Lipinski definition) is 6. The zero-order valence-corrected chi connectivity index (χ0v) is 13.9. The normalized spacial score (nSPS) is 14.8. The fourth-order valence-electron chi connectivity index (χ4n) is 2.78. The van der Waals surface area contributed by atoms with Gasteiger partial charge in [0.1, 0.15) is 22.3 Å². The molecule has 132 valence electrons. The van der Waals surface area contributed by atoms with E-state index < -0.39 is 16.7 Å². The van der Waals surface area contributed by atoms with Gasteiger partial charge in [-0.2, -0.15) is 5.26 Å². The Morgan fingerprint density at radius 2 is 1.85 bits per heavy atom. The predicted molar refractivity (Wildman–Crippen MR) is 94.2 cm³/mol. The van der Waals surface area contributed by atoms with Crippen molar-refractivity contribution < 1.29 is 14.1 Å². The van der Waals surface area contributed by atoms with Crippen molar-refractivity contribution in [3.63, 3.8) is 0 Å². The smallest absolute Gasteiger partial charge is 0.401 e. The van der Waals surface area contributed by atoms with E-state index in [1.54, 1.807) is 4.90 Å². The third-order valence-electron chi connectivity index (χ3n) is 4.12. The predicted octanol–water partition coefficient (Wildman–Crippen LogP) is 2.44. The van der Waals surface area contributed by atoms with E-state index in [0.717, 1.165) is 5.69 Å². The van der Waals surface area contributed by atoms with E-state index in [-0.39, 0.29) is 11.3 Å². The highest BCUT2D eigenvalue weighted by Gasteiger charge is 2.24. The molecule has 8 heteroatoms. The summed E-state index contributed by atoms with van der Waals surface area (Å²) in [6.07, 6.45) is 1.24. The molecule has 2 heterocycles. The van der Waals surface area contributed by atoms with Crippen molar-refractivity contribution in [1.82, 2.24) is 4.90 Å². The molecule has 1 fully saturated rings. The summed E-state index contributed by atoms with van der Waals surface area (Å²) in [5.74, 6) is -0.735. The lowest BCUT2D eigenvalue weighted by Gasteiger charge is -2.36. The average molecular weight is 352 g/mol. The van der Waals surface area contributed by atoms with Crippen LogP contribution < -0.4 is 4.90 Å². The Morgan fingerprint density at radius 1 is 1.15 bits per heavy atom. The molecular weight excluding hydrogens is 336 g/mol. The molecular formula is C18H16N4O4. The summed E-state index contributed by atoms with van der Waals surface area (Å²) < 4.78 is 4.98. The second kappa shape index (κ2) is 7.53. The van der Waals surface area contributed by atoms with Crippen molar-refractivity contribution >= 4 is 23.6 Å². The first-order chi connectivity index (χ1) is 12.6. The molecule has 1 aromatic heterocycles. The van der Waals surface area contributed by atoms with Gasteiger partial charge in [-0.15, -0.1) is 0 Å². The Hall–Kier alpha value is -3.60. The van der Waals surface area contributed by atoms with Crippen LogP contribution in [-0.4, -0.2) is 41.9 Å². The van der Waals surface area contributed by atoms with Crippen LogP contribution in [0.3, 0.4) is 0 Å². The highest BCUT2D eigenvalue weighted by Crippen LogP contribution is 2.20. The maximum Gasteiger partial charge on any atom is 0.433 e. The van der Waals surface area contributed by atoms with Crippen LogP contribution in [0.25, 0.3) is 6.08 Å². The Labute approximate surface area is 149 Å². The molecule has 8 nitrogen and oxygen atoms in total. The largest absolute Gasteiger partial charge is 0.433 e. The summed E-state index contributed by atoms with van der Waals surface area (Å²) in [6, 6.07) is 14.3. The van der Waals surface area contributed by atoms with Crippen molar-refractivity contribution in [2.45, 2.75) is 0 Å². The van der Waals surface area contributed by atoms with Crippen LogP contribution in [-0.2, 0) is 4.79 Å². The van der Waals surface area contributed by atoms with Crippen LogP contribution in [0.15, 0.2) is 52.5 Å². The van der Waals surface area contributed by atoms with E-state index in [2.05, 4.69) is 4.90 Å². The highest BCUT2D eigenvalue weighted by atomic mass is 16.6. The van der Waals surface area contributed by atoms with Gasteiger partial charge < -0.3 is 14.2 Å². The monoisotopic (exact) mass is 352 g/mol. The molecule has 0 N–H and O–H groups in total. The van der Waals surface area contributed by atoms with E-state index in [4.69, 9.17) is 4.42 Å². The minimum atomic E-state index is -0.673. The van der Waals surface area contributed by atoms with E-state index in [1.807, 2.05) is 36.4 Å². The zero-order valence-electron chi connectivity index (χ0n) is 13.9. The molecule has 1 aliphatic heterocycles. The van der Waals surface area contributed by atoms with Gasteiger partial charge >= 0.3 is 5.88 Å². The van der Waals surface area contributed by atoms with Crippen molar-refractivity contribution in [3.05, 3.63) is 63.9 Å². The number of hydrogen-bond donors (Lipinski definition) is 0. The molecule has 0 bridgehead atoms. The maximum absolute atomic E-state index is 12.6. The third kappa shape index (κ3) is 3.72. The van der Waals surface area contributed by atoms with Crippen molar-refractivity contribution in [3.8, 4) is 6.07 Å². The van der Waals surface area contributed by atoms with Crippen LogP contribution in [0.5, 0.6) is 0 Å². The molecule has 1 aromatic carbocycles. The number of piperazine rings is 1. The number of nitriles is 1. The number of anilines is 1. The summed E-state index contributed by atoms with van der Waals surface area (Å²) in [5.41, 5.74) is 0.987. The molecule has 0 unspecified atom stereocenters. The van der Waals surface area contributed by atoms with E-state index in [9.17, 15) is 20.2 Å². The number of benzene rings is 1. The van der Waals surface area contributed by atoms with Gasteiger partial charge in [0.15, 0.2) is 0 Å². The lowest BCUT2D eigenvalue weighted by molar-refractivity contribution is -0.402. The van der Waals surface area contributed by atoms with Gasteiger partial charge in [-0.05, 0) is 18.2 Å². The Morgan fingerprint density at radius 3 is 2.42 bits per heavy atom. The molecule has 1 saturated heterocycles. The van der Waals surface area contributed by atoms with Gasteiger partial charge in [0.05, 0.1) is 6.07 Å². The standard InChI is InChI=1S/C18H16N4O4/c19-13-14(12-16-6-7-17(26-16)22(24)25)18(23)21-10-8-20(9-11-21)15-4-2-1-3-5-15/h1-7,12H,8-11H2/b14-12-. The number of carbonyl (C=O) groups is 1. The average Bonchev–Trinajstić information content (AvgIpc) is 3.15. The first-order valence-corrected chi connectivity index (χ1v) is 8.04. The first kappa shape index (κ1) is 17.2. The minimum Gasteiger partial charge on any atom is -0.401 e. The summed E-state index contributed by atoms with van der Waals surface area (Å²) in [5, 5.41) is 19.9. The third-order valence-corrected chi connectivity index (χ3v) is 4.12. The van der Waals surface area contributed by atoms with Gasteiger partial charge in [0.25, 0.3) is 5.91 Å². The Balaban J connectivity index is 1.67. The molecule has 0 saturated carbocycles. The molecule has 0 atom stereocenters. The summed E-state index contributed by atoms with van der Waals surface area (Å²) in [6.45, 7) is 2.32. The van der Waals surface area contributed by atoms with Gasteiger partial charge in [-0.25, -0.2) is 0 Å². The van der Waals surface area contributed by atoms with Gasteiger partial charge in [0.2, 0.25) is 0 Å². The molecule has 0 radical (unpaired) electrons. The van der Waals surface area contributed by atoms with Crippen LogP contribution in [0, 0.1) is 21.4 Å². The van der Waals surface area contributed by atoms with Crippen LogP contribution >= 0.6 is 0 Å². The lowest BCUT2D eigenvalue weighted by Crippen LogP contribution is -2.49. The summed E-state index contributed by atoms with van der Waals surface area (Å²) >= 11 is 0. The van der Waals surface area contributed by atoms with Crippen LogP contribution in [0.2, 0.25) is 0 Å². The van der Waals surface area contributed by atoms with Gasteiger partial charge in [-0.3, -0.25) is 14.9 Å². The van der Waals surface area contributed by atoms with Crippen molar-refractivity contribution in [2.75, 3.05) is 31.1 Å². The number of furan rings is 1. The molecule has 3 rings (SSSR count). The van der Waals surface area contributed by atoms with Crippen LogP contribution in [0.4, 0.5) is 11.6 Å². The van der Waals surface area contributed by atoms with Gasteiger partial charge in [-0.1, -0.05) is 18.2 Å². The quantitative estimate of drug-likeness (QED) is 0.362. The molecule has 26 heavy (non-hydrogen) atoms. The lowest BCUT2D eigenvalue weighted by atomic mass is 10.2. The maximum atomic E-state index is 12.6. The Kier molecular flexibility index (Phi) is 4.99. The SMILES string of the molecule is N#C/C(=C/c1ccc([N+](=O)[O-])o1)C(=O)N1CCN(c2ccccc2)CC1. The zero-order chi connectivity index (χ0) is 18.5. The summed E-state index contributed by atoms with van der Waals surface area (Å²) in [4.78, 5) is 26.3. The Bertz CT molecular complexity index is 874. The number of amides is 1. The second-order valence-corrected chi connectivity index (χ2v) is 5.72. The van der Waals surface area contributed by atoms with E-state index in [1.165, 1.54) is 18.2 Å². The molecule has 0 aliphatic carbocycles. The van der Waals surface area contributed by atoms with Crippen LogP contribution in [0.1, 0.15) is 5.76 Å². The fourth-order valence-corrected chi connectivity index (χ4v) is 2.78. The topological polar surface area (TPSA) is 104 Å². The van der Waals surface area contributed by atoms with E-state index in [0.29, 0.717) is 26.2 Å². The number of nitro groups is 1. The molecule has 1 amide bonds. The number of carbonyl (C=O) groups excluding carboxylic acids is 1. The molecule has 0 spiro atoms. The number of nitrogens with zero attached hydrogens (tertiary/aromatic N) is 4. The first-order valence-electron chi connectivity index (χ1n) is 8.04. The second-order valence-electron chi connectivity index (χ2n) is 5.72.